The van der Waals surface area contributed by atoms with Crippen molar-refractivity contribution in [3.63, 3.8) is 0 Å². The number of hydrogen-bond acceptors (Lipinski definition) is 2. The van der Waals surface area contributed by atoms with Crippen LogP contribution < -0.4 is 10.6 Å². The number of benzene rings is 1. The standard InChI is InChI=1S/C14H18Cl2N2O2/c15-10-3-6-12(16)13(7-10)18-14(20)17-8-9-1-4-11(19)5-2-9/h3,6-7,9,11,19H,1-2,4-5,8H2,(H2,17,18,20). The summed E-state index contributed by atoms with van der Waals surface area (Å²) in [5.74, 6) is 0.430. The van der Waals surface area contributed by atoms with Gasteiger partial charge in [0.1, 0.15) is 0 Å². The molecule has 1 saturated carbocycles. The van der Waals surface area contributed by atoms with Gasteiger partial charge in [-0.25, -0.2) is 4.79 Å². The van der Waals surface area contributed by atoms with E-state index in [1.54, 1.807) is 18.2 Å². The molecule has 0 spiro atoms. The lowest BCUT2D eigenvalue weighted by Crippen LogP contribution is -2.35. The number of halogens is 2. The second kappa shape index (κ2) is 7.16. The Kier molecular flexibility index (Phi) is 5.52. The predicted molar refractivity (Wildman–Crippen MR) is 81.4 cm³/mol. The summed E-state index contributed by atoms with van der Waals surface area (Å²) in [5.41, 5.74) is 0.496. The van der Waals surface area contributed by atoms with E-state index in [0.29, 0.717) is 28.2 Å². The van der Waals surface area contributed by atoms with Gasteiger partial charge in [-0.1, -0.05) is 23.2 Å². The summed E-state index contributed by atoms with van der Waals surface area (Å²) in [6.45, 7) is 0.608. The highest BCUT2D eigenvalue weighted by atomic mass is 35.5. The first-order valence-corrected chi connectivity index (χ1v) is 7.48. The summed E-state index contributed by atoms with van der Waals surface area (Å²) in [7, 11) is 0. The number of aliphatic hydroxyl groups is 1. The number of hydrogen-bond donors (Lipinski definition) is 3. The first-order valence-electron chi connectivity index (χ1n) is 6.72. The number of amides is 2. The quantitative estimate of drug-likeness (QED) is 0.796. The molecule has 0 atom stereocenters. The van der Waals surface area contributed by atoms with E-state index < -0.39 is 0 Å². The molecule has 0 aliphatic heterocycles. The molecule has 0 aromatic heterocycles. The highest BCUT2D eigenvalue weighted by Gasteiger charge is 2.19. The van der Waals surface area contributed by atoms with Crippen molar-refractivity contribution in [1.82, 2.24) is 5.32 Å². The molecule has 6 heteroatoms. The zero-order valence-electron chi connectivity index (χ0n) is 11.0. The summed E-state index contributed by atoms with van der Waals surface area (Å²) in [4.78, 5) is 11.8. The van der Waals surface area contributed by atoms with Crippen molar-refractivity contribution in [2.24, 2.45) is 5.92 Å². The van der Waals surface area contributed by atoms with Crippen LogP contribution in [0.3, 0.4) is 0 Å². The Morgan fingerprint density at radius 3 is 2.65 bits per heavy atom. The molecule has 2 amide bonds. The van der Waals surface area contributed by atoms with Gasteiger partial charge in [-0.05, 0) is 49.8 Å². The van der Waals surface area contributed by atoms with Gasteiger partial charge in [-0.2, -0.15) is 0 Å². The number of carbonyl (C=O) groups is 1. The second-order valence-corrected chi connectivity index (χ2v) is 5.98. The first-order chi connectivity index (χ1) is 9.54. The van der Waals surface area contributed by atoms with Crippen LogP contribution in [0.5, 0.6) is 0 Å². The molecule has 110 valence electrons. The van der Waals surface area contributed by atoms with Gasteiger partial charge in [-0.15, -0.1) is 0 Å². The number of aliphatic hydroxyl groups excluding tert-OH is 1. The largest absolute Gasteiger partial charge is 0.393 e. The van der Waals surface area contributed by atoms with Crippen molar-refractivity contribution in [2.75, 3.05) is 11.9 Å². The summed E-state index contributed by atoms with van der Waals surface area (Å²) < 4.78 is 0. The van der Waals surface area contributed by atoms with Crippen molar-refractivity contribution < 1.29 is 9.90 Å². The van der Waals surface area contributed by atoms with E-state index in [-0.39, 0.29) is 12.1 Å². The molecule has 1 aromatic rings. The summed E-state index contributed by atoms with van der Waals surface area (Å²) in [6.07, 6.45) is 3.34. The normalized spacial score (nSPS) is 22.4. The summed E-state index contributed by atoms with van der Waals surface area (Å²) in [5, 5.41) is 15.9. The number of carbonyl (C=O) groups excluding carboxylic acids is 1. The minimum atomic E-state index is -0.291. The Morgan fingerprint density at radius 1 is 1.25 bits per heavy atom. The Labute approximate surface area is 128 Å². The monoisotopic (exact) mass is 316 g/mol. The third kappa shape index (κ3) is 4.54. The smallest absolute Gasteiger partial charge is 0.319 e. The van der Waals surface area contributed by atoms with Gasteiger partial charge >= 0.3 is 6.03 Å². The Morgan fingerprint density at radius 2 is 1.95 bits per heavy atom. The first kappa shape index (κ1) is 15.4. The van der Waals surface area contributed by atoms with Crippen molar-refractivity contribution >= 4 is 34.9 Å². The maximum atomic E-state index is 11.8. The zero-order valence-corrected chi connectivity index (χ0v) is 12.5. The molecule has 3 N–H and O–H groups in total. The Hall–Kier alpha value is -0.970. The van der Waals surface area contributed by atoms with E-state index in [2.05, 4.69) is 10.6 Å². The summed E-state index contributed by atoms with van der Waals surface area (Å²) in [6, 6.07) is 4.63. The van der Waals surface area contributed by atoms with E-state index in [1.807, 2.05) is 0 Å². The third-order valence-corrected chi connectivity index (χ3v) is 4.11. The average Bonchev–Trinajstić information content (AvgIpc) is 2.42. The molecule has 0 unspecified atom stereocenters. The van der Waals surface area contributed by atoms with Gasteiger partial charge in [0, 0.05) is 11.6 Å². The fourth-order valence-corrected chi connectivity index (χ4v) is 2.68. The molecule has 0 bridgehead atoms. The second-order valence-electron chi connectivity index (χ2n) is 5.13. The topological polar surface area (TPSA) is 61.4 Å². The number of rotatable bonds is 3. The number of urea groups is 1. The van der Waals surface area contributed by atoms with Crippen LogP contribution in [0.15, 0.2) is 18.2 Å². The molecule has 1 aromatic carbocycles. The maximum absolute atomic E-state index is 11.8. The molecule has 0 saturated heterocycles. The van der Waals surface area contributed by atoms with Crippen molar-refractivity contribution in [3.8, 4) is 0 Å². The fourth-order valence-electron chi connectivity index (χ4n) is 2.35. The van der Waals surface area contributed by atoms with E-state index in [1.165, 1.54) is 0 Å². The molecule has 20 heavy (non-hydrogen) atoms. The van der Waals surface area contributed by atoms with E-state index in [4.69, 9.17) is 23.2 Å². The summed E-state index contributed by atoms with van der Waals surface area (Å²) >= 11 is 11.8. The Bertz CT molecular complexity index is 474. The lowest BCUT2D eigenvalue weighted by molar-refractivity contribution is 0.109. The number of anilines is 1. The van der Waals surface area contributed by atoms with Crippen molar-refractivity contribution in [1.29, 1.82) is 0 Å². The van der Waals surface area contributed by atoms with Crippen molar-refractivity contribution in [3.05, 3.63) is 28.2 Å². The van der Waals surface area contributed by atoms with Crippen LogP contribution in [0.2, 0.25) is 10.0 Å². The molecule has 4 nitrogen and oxygen atoms in total. The lowest BCUT2D eigenvalue weighted by Gasteiger charge is -2.25. The Balaban J connectivity index is 1.79. The van der Waals surface area contributed by atoms with Crippen LogP contribution in [-0.2, 0) is 0 Å². The maximum Gasteiger partial charge on any atom is 0.319 e. The number of nitrogens with one attached hydrogen (secondary N) is 2. The lowest BCUT2D eigenvalue weighted by atomic mass is 9.87. The minimum Gasteiger partial charge on any atom is -0.393 e. The average molecular weight is 317 g/mol. The van der Waals surface area contributed by atoms with Gasteiger partial charge in [0.2, 0.25) is 0 Å². The van der Waals surface area contributed by atoms with Gasteiger partial charge in [0.25, 0.3) is 0 Å². The predicted octanol–water partition coefficient (Wildman–Crippen LogP) is 3.67. The SMILES string of the molecule is O=C(NCC1CCC(O)CC1)Nc1cc(Cl)ccc1Cl. The molecule has 0 heterocycles. The van der Waals surface area contributed by atoms with Crippen LogP contribution in [0.1, 0.15) is 25.7 Å². The van der Waals surface area contributed by atoms with E-state index in [0.717, 1.165) is 25.7 Å². The highest BCUT2D eigenvalue weighted by Crippen LogP contribution is 2.26. The molecule has 0 radical (unpaired) electrons. The van der Waals surface area contributed by atoms with Gasteiger partial charge in [-0.3, -0.25) is 0 Å². The van der Waals surface area contributed by atoms with Crippen LogP contribution in [0.25, 0.3) is 0 Å². The molecule has 1 aliphatic carbocycles. The van der Waals surface area contributed by atoms with Crippen LogP contribution >= 0.6 is 23.2 Å². The molecular formula is C14H18Cl2N2O2. The highest BCUT2D eigenvalue weighted by molar-refractivity contribution is 6.35. The fraction of sp³-hybridized carbons (Fsp3) is 0.500. The van der Waals surface area contributed by atoms with Gasteiger partial charge in [0.15, 0.2) is 0 Å². The van der Waals surface area contributed by atoms with Crippen LogP contribution in [0, 0.1) is 5.92 Å². The zero-order chi connectivity index (χ0) is 14.5. The van der Waals surface area contributed by atoms with Crippen LogP contribution in [0.4, 0.5) is 10.5 Å². The van der Waals surface area contributed by atoms with Gasteiger partial charge in [0.05, 0.1) is 16.8 Å². The van der Waals surface area contributed by atoms with Gasteiger partial charge < -0.3 is 15.7 Å². The van der Waals surface area contributed by atoms with Crippen molar-refractivity contribution in [2.45, 2.75) is 31.8 Å². The van der Waals surface area contributed by atoms with Crippen LogP contribution in [-0.4, -0.2) is 23.8 Å². The minimum absolute atomic E-state index is 0.176. The van der Waals surface area contributed by atoms with E-state index in [9.17, 15) is 9.90 Å². The molecular weight excluding hydrogens is 299 g/mol. The van der Waals surface area contributed by atoms with E-state index >= 15 is 0 Å². The third-order valence-electron chi connectivity index (χ3n) is 3.54. The molecule has 1 fully saturated rings. The molecule has 2 rings (SSSR count). The molecule has 1 aliphatic rings.